The molecule has 0 saturated heterocycles. The van der Waals surface area contributed by atoms with Crippen LogP contribution in [0.25, 0.3) is 10.1 Å². The van der Waals surface area contributed by atoms with Gasteiger partial charge in [-0.1, -0.05) is 29.3 Å². The maximum Gasteiger partial charge on any atom is 0.355 e. The number of amides is 1. The van der Waals surface area contributed by atoms with E-state index in [9.17, 15) is 9.59 Å². The van der Waals surface area contributed by atoms with Crippen molar-refractivity contribution < 1.29 is 23.8 Å². The number of hydrazone groups is 1. The Balaban J connectivity index is 1.31. The quantitative estimate of drug-likeness (QED) is 0.132. The molecule has 0 fully saturated rings. The van der Waals surface area contributed by atoms with Crippen LogP contribution in [-0.2, 0) is 4.79 Å². The molecule has 4 aromatic rings. The summed E-state index contributed by atoms with van der Waals surface area (Å²) in [5.41, 5.74) is 3.06. The van der Waals surface area contributed by atoms with Gasteiger partial charge >= 0.3 is 5.97 Å². The van der Waals surface area contributed by atoms with E-state index < -0.39 is 11.9 Å². The van der Waals surface area contributed by atoms with Gasteiger partial charge in [-0.25, -0.2) is 10.2 Å². The standard InChI is InChI=1S/C25H18Cl2N2O5S/c1-32-18-9-10-20-21(12-18)35-24(23(20)27)25(31)34-17-7-5-15(6-8-17)13-28-29-22(30)14-33-19-4-2-3-16(26)11-19/h2-13H,14H2,1H3,(H,29,30)/b28-13-. The zero-order chi connectivity index (χ0) is 24.8. The number of carbonyl (C=O) groups excluding carboxylic acids is 2. The Hall–Kier alpha value is -3.59. The lowest BCUT2D eigenvalue weighted by atomic mass is 10.2. The van der Waals surface area contributed by atoms with Crippen molar-refractivity contribution in [3.63, 3.8) is 0 Å². The number of nitrogens with zero attached hydrogens (tertiary/aromatic N) is 1. The molecule has 0 atom stereocenters. The van der Waals surface area contributed by atoms with Crippen molar-refractivity contribution in [1.29, 1.82) is 0 Å². The number of rotatable bonds is 8. The molecule has 35 heavy (non-hydrogen) atoms. The van der Waals surface area contributed by atoms with E-state index in [2.05, 4.69) is 10.5 Å². The number of hydrogen-bond acceptors (Lipinski definition) is 7. The maximum atomic E-state index is 12.7. The minimum atomic E-state index is -0.552. The van der Waals surface area contributed by atoms with E-state index in [1.807, 2.05) is 6.07 Å². The van der Waals surface area contributed by atoms with Gasteiger partial charge in [0.2, 0.25) is 0 Å². The minimum absolute atomic E-state index is 0.209. The van der Waals surface area contributed by atoms with Gasteiger partial charge in [0.25, 0.3) is 5.91 Å². The van der Waals surface area contributed by atoms with Crippen LogP contribution in [0.3, 0.4) is 0 Å². The summed E-state index contributed by atoms with van der Waals surface area (Å²) in [5.74, 6) is 0.529. The van der Waals surface area contributed by atoms with Crippen LogP contribution in [0.15, 0.2) is 71.8 Å². The van der Waals surface area contributed by atoms with E-state index >= 15 is 0 Å². The average molecular weight is 529 g/mol. The number of thiophene rings is 1. The number of esters is 1. The number of carbonyl (C=O) groups is 2. The zero-order valence-electron chi connectivity index (χ0n) is 18.3. The molecule has 1 heterocycles. The van der Waals surface area contributed by atoms with Crippen LogP contribution >= 0.6 is 34.5 Å². The van der Waals surface area contributed by atoms with Gasteiger partial charge in [-0.3, -0.25) is 4.79 Å². The molecule has 0 radical (unpaired) electrons. The Morgan fingerprint density at radius 2 is 1.77 bits per heavy atom. The highest BCUT2D eigenvalue weighted by atomic mass is 35.5. The van der Waals surface area contributed by atoms with Gasteiger partial charge in [-0.2, -0.15) is 5.10 Å². The van der Waals surface area contributed by atoms with Gasteiger partial charge in [0.15, 0.2) is 6.61 Å². The van der Waals surface area contributed by atoms with Crippen molar-refractivity contribution >= 4 is 62.7 Å². The molecule has 0 aliphatic rings. The molecular weight excluding hydrogens is 511 g/mol. The second kappa shape index (κ2) is 11.2. The van der Waals surface area contributed by atoms with Gasteiger partial charge in [-0.05, 0) is 66.2 Å². The molecule has 0 aliphatic carbocycles. The molecule has 1 N–H and O–H groups in total. The Bertz CT molecular complexity index is 1400. The van der Waals surface area contributed by atoms with E-state index in [4.69, 9.17) is 37.4 Å². The lowest BCUT2D eigenvalue weighted by molar-refractivity contribution is -0.123. The third-order valence-corrected chi connectivity index (χ3v) is 6.55. The lowest BCUT2D eigenvalue weighted by Gasteiger charge is -2.05. The summed E-state index contributed by atoms with van der Waals surface area (Å²) in [4.78, 5) is 24.8. The summed E-state index contributed by atoms with van der Waals surface area (Å²) in [7, 11) is 1.57. The Morgan fingerprint density at radius 1 is 1.00 bits per heavy atom. The van der Waals surface area contributed by atoms with Crippen molar-refractivity contribution in [3.8, 4) is 17.2 Å². The number of ether oxygens (including phenoxy) is 3. The van der Waals surface area contributed by atoms with Crippen molar-refractivity contribution in [2.45, 2.75) is 0 Å². The third kappa shape index (κ3) is 6.30. The average Bonchev–Trinajstić information content (AvgIpc) is 3.19. The Kier molecular flexibility index (Phi) is 7.87. The largest absolute Gasteiger partial charge is 0.497 e. The first-order valence-corrected chi connectivity index (χ1v) is 11.8. The van der Waals surface area contributed by atoms with E-state index in [0.29, 0.717) is 37.7 Å². The monoisotopic (exact) mass is 528 g/mol. The molecule has 0 spiro atoms. The highest BCUT2D eigenvalue weighted by Gasteiger charge is 2.19. The van der Waals surface area contributed by atoms with E-state index in [-0.39, 0.29) is 6.61 Å². The van der Waals surface area contributed by atoms with Gasteiger partial charge in [0.05, 0.1) is 18.3 Å². The molecule has 3 aromatic carbocycles. The predicted molar refractivity (Wildman–Crippen MR) is 137 cm³/mol. The fourth-order valence-corrected chi connectivity index (χ4v) is 4.59. The first-order valence-electron chi connectivity index (χ1n) is 10.2. The summed E-state index contributed by atoms with van der Waals surface area (Å²) in [6.07, 6.45) is 1.46. The van der Waals surface area contributed by atoms with Crippen LogP contribution in [0.4, 0.5) is 0 Å². The van der Waals surface area contributed by atoms with Crippen molar-refractivity contribution in [2.75, 3.05) is 13.7 Å². The summed E-state index contributed by atoms with van der Waals surface area (Å²) >= 11 is 13.5. The van der Waals surface area contributed by atoms with E-state index in [1.54, 1.807) is 67.8 Å². The highest BCUT2D eigenvalue weighted by molar-refractivity contribution is 7.21. The molecule has 7 nitrogen and oxygen atoms in total. The lowest BCUT2D eigenvalue weighted by Crippen LogP contribution is -2.24. The highest BCUT2D eigenvalue weighted by Crippen LogP contribution is 2.37. The van der Waals surface area contributed by atoms with Crippen LogP contribution in [0.1, 0.15) is 15.2 Å². The molecular formula is C25H18Cl2N2O5S. The maximum absolute atomic E-state index is 12.7. The van der Waals surface area contributed by atoms with Crippen molar-refractivity contribution in [3.05, 3.63) is 87.2 Å². The number of hydrogen-bond donors (Lipinski definition) is 1. The molecule has 1 aromatic heterocycles. The molecule has 1 amide bonds. The smallest absolute Gasteiger partial charge is 0.355 e. The third-order valence-electron chi connectivity index (χ3n) is 4.68. The Morgan fingerprint density at radius 3 is 2.51 bits per heavy atom. The van der Waals surface area contributed by atoms with E-state index in [1.165, 1.54) is 17.6 Å². The fraction of sp³-hybridized carbons (Fsp3) is 0.0800. The first kappa shape index (κ1) is 24.5. The van der Waals surface area contributed by atoms with Gasteiger partial charge < -0.3 is 14.2 Å². The minimum Gasteiger partial charge on any atom is -0.497 e. The van der Waals surface area contributed by atoms with Crippen LogP contribution in [-0.4, -0.2) is 31.8 Å². The molecule has 10 heteroatoms. The number of benzene rings is 3. The summed E-state index contributed by atoms with van der Waals surface area (Å²) in [5, 5.41) is 5.52. The van der Waals surface area contributed by atoms with Gasteiger partial charge in [0, 0.05) is 15.1 Å². The van der Waals surface area contributed by atoms with Gasteiger partial charge in [-0.15, -0.1) is 11.3 Å². The van der Waals surface area contributed by atoms with E-state index in [0.717, 1.165) is 10.1 Å². The topological polar surface area (TPSA) is 86.2 Å². The SMILES string of the molecule is COc1ccc2c(Cl)c(C(=O)Oc3ccc(/C=N\NC(=O)COc4cccc(Cl)c4)cc3)sc2c1. The molecule has 0 saturated carbocycles. The van der Waals surface area contributed by atoms with Crippen LogP contribution in [0, 0.1) is 0 Å². The molecule has 0 aliphatic heterocycles. The van der Waals surface area contributed by atoms with Crippen molar-refractivity contribution in [2.24, 2.45) is 5.10 Å². The Labute approximate surface area is 214 Å². The van der Waals surface area contributed by atoms with Crippen LogP contribution < -0.4 is 19.6 Å². The number of halogens is 2. The molecule has 178 valence electrons. The second-order valence-corrected chi connectivity index (χ2v) is 8.97. The van der Waals surface area contributed by atoms with Gasteiger partial charge in [0.1, 0.15) is 22.1 Å². The van der Waals surface area contributed by atoms with Crippen LogP contribution in [0.5, 0.6) is 17.2 Å². The molecule has 0 unspecified atom stereocenters. The molecule has 4 rings (SSSR count). The number of nitrogens with one attached hydrogen (secondary N) is 1. The predicted octanol–water partition coefficient (Wildman–Crippen LogP) is 5.97. The number of methoxy groups -OCH3 is 1. The van der Waals surface area contributed by atoms with Crippen LogP contribution in [0.2, 0.25) is 10.0 Å². The second-order valence-electron chi connectivity index (χ2n) is 7.11. The normalized spacial score (nSPS) is 10.9. The fourth-order valence-electron chi connectivity index (χ4n) is 3.00. The zero-order valence-corrected chi connectivity index (χ0v) is 20.6. The molecule has 0 bridgehead atoms. The van der Waals surface area contributed by atoms with Crippen molar-refractivity contribution in [1.82, 2.24) is 5.43 Å². The summed E-state index contributed by atoms with van der Waals surface area (Å²) < 4.78 is 16.9. The first-order chi connectivity index (χ1) is 16.9. The summed E-state index contributed by atoms with van der Waals surface area (Å²) in [6, 6.07) is 18.8. The summed E-state index contributed by atoms with van der Waals surface area (Å²) in [6.45, 7) is -0.209. The number of fused-ring (bicyclic) bond motifs is 1.